The molecule has 1 fully saturated rings. The van der Waals surface area contributed by atoms with Crippen molar-refractivity contribution in [3.63, 3.8) is 0 Å². The van der Waals surface area contributed by atoms with Gasteiger partial charge in [-0.1, -0.05) is 23.7 Å². The quantitative estimate of drug-likeness (QED) is 0.424. The van der Waals surface area contributed by atoms with Gasteiger partial charge in [0.15, 0.2) is 0 Å². The van der Waals surface area contributed by atoms with Gasteiger partial charge in [-0.15, -0.1) is 0 Å². The Morgan fingerprint density at radius 1 is 1.03 bits per heavy atom. The molecule has 8 heteroatoms. The monoisotopic (exact) mass is 531 g/mol. The second-order valence-corrected chi connectivity index (χ2v) is 10.7. The Morgan fingerprint density at radius 2 is 1.79 bits per heavy atom. The van der Waals surface area contributed by atoms with E-state index in [1.165, 1.54) is 11.3 Å². The summed E-state index contributed by atoms with van der Waals surface area (Å²) in [6.07, 6.45) is 8.23. The van der Waals surface area contributed by atoms with E-state index in [1.807, 2.05) is 73.7 Å². The van der Waals surface area contributed by atoms with Crippen LogP contribution in [0.5, 0.6) is 0 Å². The van der Waals surface area contributed by atoms with Crippen LogP contribution in [0.3, 0.4) is 0 Å². The number of anilines is 2. The lowest BCUT2D eigenvalue weighted by Crippen LogP contribution is -2.45. The first-order valence-corrected chi connectivity index (χ1v) is 13.7. The van der Waals surface area contributed by atoms with E-state index in [0.29, 0.717) is 16.3 Å². The molecule has 2 aliphatic rings. The van der Waals surface area contributed by atoms with E-state index in [4.69, 9.17) is 11.6 Å². The van der Waals surface area contributed by atoms with Crippen LogP contribution in [-0.2, 0) is 6.42 Å². The maximum Gasteiger partial charge on any atom is 0.319 e. The number of piperidine rings is 1. The number of fused-ring (bicyclic) bond motifs is 1. The number of benzene rings is 2. The van der Waals surface area contributed by atoms with Crippen molar-refractivity contribution < 1.29 is 9.59 Å². The van der Waals surface area contributed by atoms with Crippen molar-refractivity contribution in [3.05, 3.63) is 88.2 Å². The molecule has 2 N–H and O–H groups in total. The predicted molar refractivity (Wildman–Crippen MR) is 152 cm³/mol. The van der Waals surface area contributed by atoms with Crippen LogP contribution in [0.2, 0.25) is 5.02 Å². The van der Waals surface area contributed by atoms with Crippen LogP contribution in [-0.4, -0.2) is 48.0 Å². The largest absolute Gasteiger partial charge is 0.371 e. The van der Waals surface area contributed by atoms with Crippen molar-refractivity contribution in [2.75, 3.05) is 30.4 Å². The van der Waals surface area contributed by atoms with Gasteiger partial charge in [0.05, 0.1) is 6.04 Å². The number of pyridine rings is 1. The Balaban J connectivity index is 1.24. The number of rotatable bonds is 5. The first kappa shape index (κ1) is 26.0. The van der Waals surface area contributed by atoms with Gasteiger partial charge in [-0.25, -0.2) is 4.79 Å². The molecule has 1 aromatic heterocycles. The molecule has 1 saturated heterocycles. The van der Waals surface area contributed by atoms with Gasteiger partial charge in [0, 0.05) is 60.5 Å². The third-order valence-electron chi connectivity index (χ3n) is 7.80. The number of halogens is 1. The molecule has 0 radical (unpaired) electrons. The number of carbonyl (C=O) groups excluding carboxylic acids is 2. The van der Waals surface area contributed by atoms with Crippen molar-refractivity contribution in [3.8, 4) is 0 Å². The average molecular weight is 532 g/mol. The molecule has 0 saturated carbocycles. The SMILES string of the molecule is Cc1ccc(NC(=O)NC2CCCc3ccc(C(=O)N(C)C4CCN(c5ccncc5)CC4)cc32)cc1Cl. The van der Waals surface area contributed by atoms with E-state index < -0.39 is 0 Å². The standard InChI is InChI=1S/C30H34ClN5O2/c1-20-6-9-23(19-27(20)31)33-30(38)34-28-5-3-4-21-7-8-22(18-26(21)28)29(37)35(2)24-12-16-36(17-13-24)25-10-14-32-15-11-25/h6-11,14-15,18-19,24,28H,3-5,12-13,16-17H2,1-2H3,(H2,33,34,38). The number of aryl methyl sites for hydroxylation is 2. The van der Waals surface area contributed by atoms with E-state index in [2.05, 4.69) is 20.5 Å². The summed E-state index contributed by atoms with van der Waals surface area (Å²) in [5.74, 6) is 0.0261. The molecule has 2 heterocycles. The highest BCUT2D eigenvalue weighted by molar-refractivity contribution is 6.31. The fraction of sp³-hybridized carbons (Fsp3) is 0.367. The van der Waals surface area contributed by atoms with Crippen LogP contribution in [0.1, 0.15) is 58.8 Å². The summed E-state index contributed by atoms with van der Waals surface area (Å²) in [7, 11) is 1.91. The highest BCUT2D eigenvalue weighted by atomic mass is 35.5. The Kier molecular flexibility index (Phi) is 7.84. The van der Waals surface area contributed by atoms with Gasteiger partial charge in [-0.3, -0.25) is 9.78 Å². The van der Waals surface area contributed by atoms with Gasteiger partial charge >= 0.3 is 6.03 Å². The maximum atomic E-state index is 13.5. The molecule has 2 aromatic carbocycles. The number of nitrogens with one attached hydrogen (secondary N) is 2. The number of carbonyl (C=O) groups is 2. The lowest BCUT2D eigenvalue weighted by molar-refractivity contribution is 0.0709. The zero-order valence-corrected chi connectivity index (χ0v) is 22.7. The van der Waals surface area contributed by atoms with Crippen LogP contribution >= 0.6 is 11.6 Å². The van der Waals surface area contributed by atoms with Crippen LogP contribution < -0.4 is 15.5 Å². The molecule has 1 aliphatic heterocycles. The topological polar surface area (TPSA) is 77.6 Å². The number of amides is 3. The minimum Gasteiger partial charge on any atom is -0.371 e. The van der Waals surface area contributed by atoms with Gasteiger partial charge in [-0.05, 0) is 92.1 Å². The molecule has 1 unspecified atom stereocenters. The molecular formula is C30H34ClN5O2. The average Bonchev–Trinajstić information content (AvgIpc) is 2.95. The second kappa shape index (κ2) is 11.4. The zero-order valence-electron chi connectivity index (χ0n) is 21.9. The number of hydrogen-bond donors (Lipinski definition) is 2. The summed E-state index contributed by atoms with van der Waals surface area (Å²) in [5.41, 5.74) is 5.66. The summed E-state index contributed by atoms with van der Waals surface area (Å²) in [4.78, 5) is 34.7. The van der Waals surface area contributed by atoms with Crippen molar-refractivity contribution in [1.29, 1.82) is 0 Å². The van der Waals surface area contributed by atoms with Crippen molar-refractivity contribution in [1.82, 2.24) is 15.2 Å². The van der Waals surface area contributed by atoms with E-state index in [1.54, 1.807) is 6.07 Å². The lowest BCUT2D eigenvalue weighted by atomic mass is 9.86. The minimum atomic E-state index is -0.280. The molecule has 0 spiro atoms. The van der Waals surface area contributed by atoms with Gasteiger partial charge in [0.25, 0.3) is 5.91 Å². The number of aromatic nitrogens is 1. The van der Waals surface area contributed by atoms with E-state index >= 15 is 0 Å². The van der Waals surface area contributed by atoms with Crippen LogP contribution in [0.15, 0.2) is 60.9 Å². The van der Waals surface area contributed by atoms with Crippen molar-refractivity contribution >= 4 is 34.9 Å². The highest BCUT2D eigenvalue weighted by Crippen LogP contribution is 2.32. The number of nitrogens with zero attached hydrogens (tertiary/aromatic N) is 3. The van der Waals surface area contributed by atoms with Gasteiger partial charge in [0.2, 0.25) is 0 Å². The summed E-state index contributed by atoms with van der Waals surface area (Å²) >= 11 is 6.21. The predicted octanol–water partition coefficient (Wildman–Crippen LogP) is 5.98. The third kappa shape index (κ3) is 5.78. The molecule has 1 aliphatic carbocycles. The van der Waals surface area contributed by atoms with Crippen LogP contribution in [0, 0.1) is 6.92 Å². The lowest BCUT2D eigenvalue weighted by Gasteiger charge is -2.38. The zero-order chi connectivity index (χ0) is 26.6. The molecule has 198 valence electrons. The van der Waals surface area contributed by atoms with E-state index in [9.17, 15) is 9.59 Å². The summed E-state index contributed by atoms with van der Waals surface area (Å²) in [6.45, 7) is 3.74. The molecule has 3 aromatic rings. The minimum absolute atomic E-state index is 0.0261. The van der Waals surface area contributed by atoms with E-state index in [0.717, 1.165) is 56.3 Å². The molecule has 1 atom stereocenters. The highest BCUT2D eigenvalue weighted by Gasteiger charge is 2.28. The van der Waals surface area contributed by atoms with Gasteiger partial charge < -0.3 is 20.4 Å². The summed E-state index contributed by atoms with van der Waals surface area (Å²) in [5, 5.41) is 6.61. The Hall–Kier alpha value is -3.58. The first-order valence-electron chi connectivity index (χ1n) is 13.3. The van der Waals surface area contributed by atoms with Crippen molar-refractivity contribution in [2.24, 2.45) is 0 Å². The fourth-order valence-corrected chi connectivity index (χ4v) is 5.69. The summed E-state index contributed by atoms with van der Waals surface area (Å²) < 4.78 is 0. The molecular weight excluding hydrogens is 498 g/mol. The third-order valence-corrected chi connectivity index (χ3v) is 8.21. The Labute approximate surface area is 229 Å². The van der Waals surface area contributed by atoms with Crippen LogP contribution in [0.4, 0.5) is 16.2 Å². The number of urea groups is 1. The fourth-order valence-electron chi connectivity index (χ4n) is 5.51. The van der Waals surface area contributed by atoms with Crippen LogP contribution in [0.25, 0.3) is 0 Å². The van der Waals surface area contributed by atoms with E-state index in [-0.39, 0.29) is 24.0 Å². The molecule has 7 nitrogen and oxygen atoms in total. The maximum absolute atomic E-state index is 13.5. The molecule has 38 heavy (non-hydrogen) atoms. The Bertz CT molecular complexity index is 1310. The molecule has 0 bridgehead atoms. The first-order chi connectivity index (χ1) is 18.4. The van der Waals surface area contributed by atoms with Gasteiger partial charge in [-0.2, -0.15) is 0 Å². The smallest absolute Gasteiger partial charge is 0.319 e. The van der Waals surface area contributed by atoms with Crippen molar-refractivity contribution in [2.45, 2.75) is 51.1 Å². The Morgan fingerprint density at radius 3 is 2.53 bits per heavy atom. The molecule has 5 rings (SSSR count). The second-order valence-electron chi connectivity index (χ2n) is 10.3. The molecule has 3 amide bonds. The van der Waals surface area contributed by atoms with Gasteiger partial charge in [0.1, 0.15) is 0 Å². The number of hydrogen-bond acceptors (Lipinski definition) is 4. The normalized spacial score (nSPS) is 17.4. The summed E-state index contributed by atoms with van der Waals surface area (Å²) in [6, 6.07) is 15.2.